The van der Waals surface area contributed by atoms with Gasteiger partial charge in [-0.1, -0.05) is 70.8 Å². The van der Waals surface area contributed by atoms with Gasteiger partial charge in [-0.05, 0) is 70.2 Å². The second-order valence-electron chi connectivity index (χ2n) is 15.3. The van der Waals surface area contributed by atoms with Crippen LogP contribution in [0.1, 0.15) is 92.1 Å². The predicted octanol–water partition coefficient (Wildman–Crippen LogP) is 5.66. The van der Waals surface area contributed by atoms with Gasteiger partial charge in [0, 0.05) is 57.6 Å². The minimum Gasteiger partial charge on any atom is -0.379 e. The third-order valence-electron chi connectivity index (χ3n) is 11.1. The molecular weight excluding hydrogens is 668 g/mol. The van der Waals surface area contributed by atoms with E-state index in [0.29, 0.717) is 30.8 Å². The number of methoxy groups -OCH3 is 2. The molecular formula is C40H67ClN4O6. The molecule has 2 amide bonds. The van der Waals surface area contributed by atoms with Gasteiger partial charge < -0.3 is 25.0 Å². The number of rotatable bonds is 22. The molecule has 1 aromatic carbocycles. The lowest BCUT2D eigenvalue weighted by Crippen LogP contribution is -2.55. The number of nitrogens with two attached hydrogens (primary N) is 1. The summed E-state index contributed by atoms with van der Waals surface area (Å²) in [7, 11) is 8.67. The Hall–Kier alpha value is -2.37. The summed E-state index contributed by atoms with van der Waals surface area (Å²) < 4.78 is 12.0. The zero-order chi connectivity index (χ0) is 38.6. The molecule has 0 saturated carbocycles. The molecule has 0 aromatic heterocycles. The lowest BCUT2D eigenvalue weighted by Gasteiger charge is -2.41. The highest BCUT2D eigenvalue weighted by Gasteiger charge is 2.43. The van der Waals surface area contributed by atoms with Crippen LogP contribution in [0.15, 0.2) is 24.3 Å². The Bertz CT molecular complexity index is 1270. The van der Waals surface area contributed by atoms with Gasteiger partial charge in [-0.15, -0.1) is 0 Å². The number of benzene rings is 1. The van der Waals surface area contributed by atoms with E-state index in [1.54, 1.807) is 33.1 Å². The van der Waals surface area contributed by atoms with E-state index in [1.807, 2.05) is 75.9 Å². The number of halogens is 1. The van der Waals surface area contributed by atoms with Crippen molar-refractivity contribution in [3.63, 3.8) is 0 Å². The normalized spacial score (nSPS) is 19.7. The van der Waals surface area contributed by atoms with E-state index in [2.05, 4.69) is 6.92 Å². The molecule has 1 aliphatic rings. The highest BCUT2D eigenvalue weighted by atomic mass is 35.5. The first-order valence-electron chi connectivity index (χ1n) is 18.8. The van der Waals surface area contributed by atoms with Crippen LogP contribution >= 0.6 is 11.6 Å². The van der Waals surface area contributed by atoms with Gasteiger partial charge in [0.25, 0.3) is 0 Å². The average Bonchev–Trinajstić information content (AvgIpc) is 3.56. The number of ether oxygens (including phenoxy) is 2. The molecule has 2 rings (SSSR count). The van der Waals surface area contributed by atoms with Crippen LogP contribution in [-0.4, -0.2) is 116 Å². The minimum atomic E-state index is -0.711. The molecule has 0 spiro atoms. The molecule has 0 radical (unpaired) electrons. The standard InChI is InChI=1S/C40H67ClN4O6/c1-12-26(4)38(44(9)40(49)30(28(6)42)23-34(47)37(25(2)3)43(7)8)35(50-10)24-36(48)45-22-16-20-32(45)39(51-11)27(5)33(46)21-15-18-29-17-13-14-19-31(29)41/h13-14,17,19,25-28,30,32,35,37-39H,12,15-16,18,20-24,42H2,1-11H3/t26-,27-,28-,30-,32-,35+,37-,38-,39+/m0/s1. The number of likely N-dealkylation sites (tertiary alicyclic amines) is 1. The molecule has 51 heavy (non-hydrogen) atoms. The Kier molecular flexibility index (Phi) is 18.8. The van der Waals surface area contributed by atoms with Gasteiger partial charge >= 0.3 is 0 Å². The minimum absolute atomic E-state index is 0.00386. The van der Waals surface area contributed by atoms with Crippen molar-refractivity contribution in [1.29, 1.82) is 0 Å². The van der Waals surface area contributed by atoms with Gasteiger partial charge in [-0.3, -0.25) is 24.1 Å². The van der Waals surface area contributed by atoms with Gasteiger partial charge in [-0.25, -0.2) is 0 Å². The largest absolute Gasteiger partial charge is 0.379 e. The summed E-state index contributed by atoms with van der Waals surface area (Å²) in [5, 5.41) is 0.706. The van der Waals surface area contributed by atoms with Gasteiger partial charge in [-0.2, -0.15) is 0 Å². The van der Waals surface area contributed by atoms with Crippen molar-refractivity contribution in [1.82, 2.24) is 14.7 Å². The van der Waals surface area contributed by atoms with Crippen molar-refractivity contribution in [2.24, 2.45) is 29.4 Å². The lowest BCUT2D eigenvalue weighted by atomic mass is 9.85. The molecule has 0 unspecified atom stereocenters. The number of carbonyl (C=O) groups excluding carboxylic acids is 4. The molecule has 11 heteroatoms. The van der Waals surface area contributed by atoms with E-state index < -0.39 is 36.1 Å². The number of likely N-dealkylation sites (N-methyl/N-ethyl adjacent to an activating group) is 2. The number of nitrogens with zero attached hydrogens (tertiary/aromatic N) is 3. The van der Waals surface area contributed by atoms with Crippen molar-refractivity contribution in [2.45, 2.75) is 129 Å². The fourth-order valence-electron chi connectivity index (χ4n) is 8.08. The van der Waals surface area contributed by atoms with Crippen molar-refractivity contribution in [3.05, 3.63) is 34.9 Å². The Morgan fingerprint density at radius 2 is 1.63 bits per heavy atom. The first-order chi connectivity index (χ1) is 24.0. The fourth-order valence-corrected chi connectivity index (χ4v) is 8.31. The summed E-state index contributed by atoms with van der Waals surface area (Å²) in [6, 6.07) is 6.13. The summed E-state index contributed by atoms with van der Waals surface area (Å²) >= 11 is 6.31. The maximum atomic E-state index is 14.2. The van der Waals surface area contributed by atoms with Crippen LogP contribution in [0.2, 0.25) is 5.02 Å². The quantitative estimate of drug-likeness (QED) is 0.162. The Morgan fingerprint density at radius 3 is 2.16 bits per heavy atom. The molecule has 1 aliphatic heterocycles. The highest BCUT2D eigenvalue weighted by molar-refractivity contribution is 6.31. The summed E-state index contributed by atoms with van der Waals surface area (Å²) in [5.74, 6) is -1.25. The number of ketones is 2. The van der Waals surface area contributed by atoms with Gasteiger partial charge in [0.1, 0.15) is 5.78 Å². The van der Waals surface area contributed by atoms with E-state index in [-0.39, 0.29) is 60.1 Å². The molecule has 290 valence electrons. The number of carbonyl (C=O) groups is 4. The summed E-state index contributed by atoms with van der Waals surface area (Å²) in [6.07, 6.45) is 3.16. The third kappa shape index (κ3) is 12.1. The summed E-state index contributed by atoms with van der Waals surface area (Å²) in [5.41, 5.74) is 7.40. The van der Waals surface area contributed by atoms with Gasteiger partial charge in [0.05, 0.1) is 42.7 Å². The van der Waals surface area contributed by atoms with Crippen molar-refractivity contribution in [2.75, 3.05) is 41.9 Å². The fraction of sp³-hybridized carbons (Fsp3) is 0.750. The SMILES string of the molecule is CC[C@H](C)[C@@H]([C@@H](CC(=O)N1CCC[C@H]1[C@H](OC)[C@@H](C)C(=O)CCCc1ccccc1Cl)OC)N(C)C(=O)[C@@H](CC(=O)[C@H](C(C)C)N(C)C)[C@H](C)N. The summed E-state index contributed by atoms with van der Waals surface area (Å²) in [4.78, 5) is 60.5. The summed E-state index contributed by atoms with van der Waals surface area (Å²) in [6.45, 7) is 12.3. The van der Waals surface area contributed by atoms with E-state index >= 15 is 0 Å². The van der Waals surface area contributed by atoms with Crippen molar-refractivity contribution < 1.29 is 28.7 Å². The number of amides is 2. The number of hydrogen-bond donors (Lipinski definition) is 1. The number of hydrogen-bond acceptors (Lipinski definition) is 8. The first-order valence-corrected chi connectivity index (χ1v) is 19.2. The Morgan fingerprint density at radius 1 is 0.980 bits per heavy atom. The van der Waals surface area contributed by atoms with E-state index in [9.17, 15) is 19.2 Å². The van der Waals surface area contributed by atoms with Crippen LogP contribution in [0.3, 0.4) is 0 Å². The molecule has 9 atom stereocenters. The van der Waals surface area contributed by atoms with Crippen LogP contribution in [0.25, 0.3) is 0 Å². The molecule has 1 fully saturated rings. The molecule has 10 nitrogen and oxygen atoms in total. The molecule has 0 bridgehead atoms. The Labute approximate surface area is 313 Å². The molecule has 0 aliphatic carbocycles. The number of aryl methyl sites for hydroxylation is 1. The van der Waals surface area contributed by atoms with E-state index in [1.165, 1.54) is 0 Å². The predicted molar refractivity (Wildman–Crippen MR) is 205 cm³/mol. The van der Waals surface area contributed by atoms with E-state index in [4.69, 9.17) is 26.8 Å². The maximum absolute atomic E-state index is 14.2. The monoisotopic (exact) mass is 734 g/mol. The topological polar surface area (TPSA) is 122 Å². The van der Waals surface area contributed by atoms with Crippen LogP contribution < -0.4 is 5.73 Å². The van der Waals surface area contributed by atoms with E-state index in [0.717, 1.165) is 24.8 Å². The Balaban J connectivity index is 2.21. The smallest absolute Gasteiger partial charge is 0.227 e. The average molecular weight is 735 g/mol. The molecule has 1 heterocycles. The molecule has 2 N–H and O–H groups in total. The maximum Gasteiger partial charge on any atom is 0.227 e. The second kappa shape index (κ2) is 21.4. The zero-order valence-corrected chi connectivity index (χ0v) is 33.9. The van der Waals surface area contributed by atoms with Crippen LogP contribution in [0.4, 0.5) is 0 Å². The van der Waals surface area contributed by atoms with Gasteiger partial charge in [0.15, 0.2) is 5.78 Å². The van der Waals surface area contributed by atoms with Crippen molar-refractivity contribution in [3.8, 4) is 0 Å². The van der Waals surface area contributed by atoms with Crippen molar-refractivity contribution >= 4 is 35.0 Å². The zero-order valence-electron chi connectivity index (χ0n) is 33.2. The third-order valence-corrected chi connectivity index (χ3v) is 11.4. The van der Waals surface area contributed by atoms with Gasteiger partial charge in [0.2, 0.25) is 11.8 Å². The first kappa shape index (κ1) is 44.8. The molecule has 1 saturated heterocycles. The lowest BCUT2D eigenvalue weighted by molar-refractivity contribution is -0.148. The van der Waals surface area contributed by atoms with Crippen LogP contribution in [0, 0.1) is 23.7 Å². The second-order valence-corrected chi connectivity index (χ2v) is 15.7. The van der Waals surface area contributed by atoms with Crippen LogP contribution in [0.5, 0.6) is 0 Å². The highest BCUT2D eigenvalue weighted by Crippen LogP contribution is 2.31. The number of Topliss-reactive ketones (excluding diaryl/α,β-unsaturated/α-hetero) is 2. The molecule has 1 aromatic rings. The van der Waals surface area contributed by atoms with Crippen LogP contribution in [-0.2, 0) is 35.1 Å².